The van der Waals surface area contributed by atoms with Gasteiger partial charge in [0.05, 0.1) is 0 Å². The number of aromatic nitrogens is 1. The Morgan fingerprint density at radius 2 is 2.11 bits per heavy atom. The highest BCUT2D eigenvalue weighted by atomic mass is 79.9. The van der Waals surface area contributed by atoms with Crippen LogP contribution in [0.4, 0.5) is 0 Å². The van der Waals surface area contributed by atoms with E-state index in [-0.39, 0.29) is 0 Å². The second-order valence-corrected chi connectivity index (χ2v) is 5.46. The molecule has 0 bridgehead atoms. The highest BCUT2D eigenvalue weighted by Gasteiger charge is 2.07. The summed E-state index contributed by atoms with van der Waals surface area (Å²) >= 11 is 3.47. The van der Waals surface area contributed by atoms with Gasteiger partial charge in [0.1, 0.15) is 11.8 Å². The molecular weight excluding hydrogens is 302 g/mol. The minimum absolute atomic E-state index is 0.705. The Hall–Kier alpha value is -1.57. The summed E-state index contributed by atoms with van der Waals surface area (Å²) in [7, 11) is 1.92. The standard InChI is InChI=1S/C15H16BrN3/c1-11-13(7-15(8-17)19(11)2)10-18-9-12-4-3-5-14(16)6-12/h3-7,18H,9-10H2,1-2H3. The Balaban J connectivity index is 1.98. The summed E-state index contributed by atoms with van der Waals surface area (Å²) in [4.78, 5) is 0. The summed E-state index contributed by atoms with van der Waals surface area (Å²) in [5.41, 5.74) is 4.26. The van der Waals surface area contributed by atoms with Crippen molar-refractivity contribution in [2.75, 3.05) is 0 Å². The monoisotopic (exact) mass is 317 g/mol. The van der Waals surface area contributed by atoms with Crippen molar-refractivity contribution < 1.29 is 0 Å². The lowest BCUT2D eigenvalue weighted by Crippen LogP contribution is -2.13. The van der Waals surface area contributed by atoms with Crippen LogP contribution in [0.2, 0.25) is 0 Å². The van der Waals surface area contributed by atoms with Crippen LogP contribution in [0.3, 0.4) is 0 Å². The minimum Gasteiger partial charge on any atom is -0.340 e. The van der Waals surface area contributed by atoms with Gasteiger partial charge in [0.25, 0.3) is 0 Å². The van der Waals surface area contributed by atoms with Crippen molar-refractivity contribution in [2.24, 2.45) is 7.05 Å². The van der Waals surface area contributed by atoms with Gasteiger partial charge in [0.15, 0.2) is 0 Å². The van der Waals surface area contributed by atoms with Crippen LogP contribution in [0.1, 0.15) is 22.5 Å². The molecule has 0 spiro atoms. The number of nitrogens with one attached hydrogen (secondary N) is 1. The lowest BCUT2D eigenvalue weighted by atomic mass is 10.2. The van der Waals surface area contributed by atoms with Crippen molar-refractivity contribution >= 4 is 15.9 Å². The van der Waals surface area contributed by atoms with E-state index in [1.807, 2.05) is 36.7 Å². The average molecular weight is 318 g/mol. The number of benzene rings is 1. The van der Waals surface area contributed by atoms with Gasteiger partial charge < -0.3 is 9.88 Å². The molecule has 98 valence electrons. The maximum Gasteiger partial charge on any atom is 0.120 e. The van der Waals surface area contributed by atoms with Crippen LogP contribution in [-0.2, 0) is 20.1 Å². The van der Waals surface area contributed by atoms with E-state index in [0.717, 1.165) is 23.3 Å². The molecule has 2 rings (SSSR count). The molecule has 2 aromatic rings. The number of nitriles is 1. The van der Waals surface area contributed by atoms with Gasteiger partial charge in [-0.2, -0.15) is 5.26 Å². The van der Waals surface area contributed by atoms with Crippen LogP contribution < -0.4 is 5.32 Å². The molecular formula is C15H16BrN3. The second kappa shape index (κ2) is 6.05. The van der Waals surface area contributed by atoms with Gasteiger partial charge in [-0.15, -0.1) is 0 Å². The van der Waals surface area contributed by atoms with Crippen LogP contribution in [-0.4, -0.2) is 4.57 Å². The molecule has 0 aliphatic carbocycles. The molecule has 0 saturated heterocycles. The molecule has 0 saturated carbocycles. The van der Waals surface area contributed by atoms with Crippen LogP contribution in [0.15, 0.2) is 34.8 Å². The number of hydrogen-bond acceptors (Lipinski definition) is 2. The quantitative estimate of drug-likeness (QED) is 0.940. The first-order valence-electron chi connectivity index (χ1n) is 6.12. The molecule has 3 nitrogen and oxygen atoms in total. The Morgan fingerprint density at radius 3 is 2.74 bits per heavy atom. The van der Waals surface area contributed by atoms with Crippen LogP contribution >= 0.6 is 15.9 Å². The van der Waals surface area contributed by atoms with Gasteiger partial charge >= 0.3 is 0 Å². The van der Waals surface area contributed by atoms with Crippen molar-refractivity contribution in [3.05, 3.63) is 57.3 Å². The molecule has 0 amide bonds. The minimum atomic E-state index is 0.705. The Morgan fingerprint density at radius 1 is 1.32 bits per heavy atom. The van der Waals surface area contributed by atoms with E-state index >= 15 is 0 Å². The van der Waals surface area contributed by atoms with Gasteiger partial charge in [-0.25, -0.2) is 0 Å². The molecule has 0 aliphatic heterocycles. The van der Waals surface area contributed by atoms with E-state index in [1.54, 1.807) is 0 Å². The molecule has 0 atom stereocenters. The second-order valence-electron chi connectivity index (χ2n) is 4.54. The fourth-order valence-corrected chi connectivity index (χ4v) is 2.48. The molecule has 0 unspecified atom stereocenters. The zero-order valence-corrected chi connectivity index (χ0v) is 12.7. The Kier molecular flexibility index (Phi) is 4.41. The third-order valence-corrected chi connectivity index (χ3v) is 3.78. The van der Waals surface area contributed by atoms with Crippen LogP contribution in [0.5, 0.6) is 0 Å². The van der Waals surface area contributed by atoms with Crippen molar-refractivity contribution in [2.45, 2.75) is 20.0 Å². The summed E-state index contributed by atoms with van der Waals surface area (Å²) in [5.74, 6) is 0. The van der Waals surface area contributed by atoms with E-state index < -0.39 is 0 Å². The molecule has 0 fully saturated rings. The average Bonchev–Trinajstić information content (AvgIpc) is 2.67. The summed E-state index contributed by atoms with van der Waals surface area (Å²) < 4.78 is 3.02. The van der Waals surface area contributed by atoms with E-state index in [9.17, 15) is 0 Å². The zero-order valence-electron chi connectivity index (χ0n) is 11.1. The SMILES string of the molecule is Cc1c(CNCc2cccc(Br)c2)cc(C#N)n1C. The van der Waals surface area contributed by atoms with Crippen LogP contribution in [0.25, 0.3) is 0 Å². The smallest absolute Gasteiger partial charge is 0.120 e. The topological polar surface area (TPSA) is 40.8 Å². The number of rotatable bonds is 4. The first-order chi connectivity index (χ1) is 9.11. The lowest BCUT2D eigenvalue weighted by molar-refractivity contribution is 0.687. The number of nitrogens with zero attached hydrogens (tertiary/aromatic N) is 2. The number of hydrogen-bond donors (Lipinski definition) is 1. The van der Waals surface area contributed by atoms with E-state index in [1.165, 1.54) is 11.1 Å². The first kappa shape index (κ1) is 13.9. The van der Waals surface area contributed by atoms with Gasteiger partial charge in [-0.1, -0.05) is 28.1 Å². The third kappa shape index (κ3) is 3.25. The maximum atomic E-state index is 8.99. The summed E-state index contributed by atoms with van der Waals surface area (Å²) in [6, 6.07) is 12.4. The van der Waals surface area contributed by atoms with Gasteiger partial charge in [0, 0.05) is 30.3 Å². The molecule has 1 aromatic heterocycles. The highest BCUT2D eigenvalue weighted by Crippen LogP contribution is 2.14. The molecule has 1 heterocycles. The molecule has 19 heavy (non-hydrogen) atoms. The van der Waals surface area contributed by atoms with E-state index in [4.69, 9.17) is 5.26 Å². The normalized spacial score (nSPS) is 10.4. The maximum absolute atomic E-state index is 8.99. The van der Waals surface area contributed by atoms with Crippen molar-refractivity contribution in [3.63, 3.8) is 0 Å². The predicted molar refractivity (Wildman–Crippen MR) is 79.6 cm³/mol. The Bertz CT molecular complexity index is 623. The van der Waals surface area contributed by atoms with E-state index in [0.29, 0.717) is 5.69 Å². The highest BCUT2D eigenvalue weighted by molar-refractivity contribution is 9.10. The fraction of sp³-hybridized carbons (Fsp3) is 0.267. The van der Waals surface area contributed by atoms with Gasteiger partial charge in [0.2, 0.25) is 0 Å². The fourth-order valence-electron chi connectivity index (χ4n) is 2.04. The molecule has 0 radical (unpaired) electrons. The van der Waals surface area contributed by atoms with Crippen molar-refractivity contribution in [1.82, 2.24) is 9.88 Å². The number of halogens is 1. The van der Waals surface area contributed by atoms with E-state index in [2.05, 4.69) is 39.4 Å². The Labute approximate surface area is 122 Å². The molecule has 1 N–H and O–H groups in total. The molecule has 1 aromatic carbocycles. The summed E-state index contributed by atoms with van der Waals surface area (Å²) in [6.45, 7) is 3.63. The summed E-state index contributed by atoms with van der Waals surface area (Å²) in [6.07, 6.45) is 0. The summed E-state index contributed by atoms with van der Waals surface area (Å²) in [5, 5.41) is 12.4. The van der Waals surface area contributed by atoms with Gasteiger partial charge in [-0.05, 0) is 36.2 Å². The molecule has 4 heteroatoms. The van der Waals surface area contributed by atoms with Crippen molar-refractivity contribution in [1.29, 1.82) is 5.26 Å². The molecule has 0 aliphatic rings. The zero-order chi connectivity index (χ0) is 13.8. The lowest BCUT2D eigenvalue weighted by Gasteiger charge is -2.06. The predicted octanol–water partition coefficient (Wildman–Crippen LogP) is 3.26. The first-order valence-corrected chi connectivity index (χ1v) is 6.91. The van der Waals surface area contributed by atoms with Gasteiger partial charge in [-0.3, -0.25) is 0 Å². The largest absolute Gasteiger partial charge is 0.340 e. The third-order valence-electron chi connectivity index (χ3n) is 3.29. The van der Waals surface area contributed by atoms with Crippen LogP contribution in [0, 0.1) is 18.3 Å². The van der Waals surface area contributed by atoms with Crippen molar-refractivity contribution in [3.8, 4) is 6.07 Å².